The number of nitrogens with zero attached hydrogens (tertiary/aromatic N) is 1. The molecular formula is C11H15NO3S. The molecule has 0 radical (unpaired) electrons. The van der Waals surface area contributed by atoms with E-state index in [9.17, 15) is 4.79 Å². The molecule has 88 valence electrons. The number of hydrogen-bond donors (Lipinski definition) is 0. The van der Waals surface area contributed by atoms with E-state index in [0.29, 0.717) is 0 Å². The van der Waals surface area contributed by atoms with E-state index in [0.717, 1.165) is 29.9 Å². The molecule has 0 amide bonds. The van der Waals surface area contributed by atoms with Crippen molar-refractivity contribution in [3.05, 3.63) is 16.3 Å². The summed E-state index contributed by atoms with van der Waals surface area (Å²) in [6.07, 6.45) is 1.08. The number of rotatable bonds is 4. The number of thiophene rings is 1. The summed E-state index contributed by atoms with van der Waals surface area (Å²) in [5.41, 5.74) is 1.08. The number of hydrogen-bond acceptors (Lipinski definition) is 5. The lowest BCUT2D eigenvalue weighted by Crippen LogP contribution is -2.27. The minimum absolute atomic E-state index is 0.101. The first-order chi connectivity index (χ1) is 7.78. The number of carbonyl (C=O) groups is 1. The van der Waals surface area contributed by atoms with Crippen molar-refractivity contribution >= 4 is 23.3 Å². The molecule has 2 atom stereocenters. The van der Waals surface area contributed by atoms with Gasteiger partial charge in [-0.05, 0) is 6.07 Å². The van der Waals surface area contributed by atoms with Crippen LogP contribution in [0.1, 0.15) is 9.67 Å². The molecule has 0 aliphatic carbocycles. The molecule has 2 unspecified atom stereocenters. The number of methoxy groups -OCH3 is 2. The molecule has 1 saturated heterocycles. The minimum atomic E-state index is 0.101. The quantitative estimate of drug-likeness (QED) is 0.747. The highest BCUT2D eigenvalue weighted by atomic mass is 32.1. The zero-order chi connectivity index (χ0) is 11.5. The second kappa shape index (κ2) is 4.95. The molecule has 0 saturated carbocycles. The topological polar surface area (TPSA) is 38.8 Å². The van der Waals surface area contributed by atoms with Crippen molar-refractivity contribution in [2.75, 3.05) is 32.2 Å². The second-order valence-electron chi connectivity index (χ2n) is 3.78. The van der Waals surface area contributed by atoms with E-state index in [-0.39, 0.29) is 12.2 Å². The Morgan fingerprint density at radius 3 is 2.44 bits per heavy atom. The van der Waals surface area contributed by atoms with Crippen LogP contribution >= 0.6 is 11.3 Å². The Kier molecular flexibility index (Phi) is 3.58. The SMILES string of the molecule is COC1CN(c2csc(C=O)c2)CC1OC. The average Bonchev–Trinajstić information content (AvgIpc) is 2.94. The lowest BCUT2D eigenvalue weighted by Gasteiger charge is -2.15. The van der Waals surface area contributed by atoms with Gasteiger partial charge in [0, 0.05) is 38.4 Å². The molecule has 16 heavy (non-hydrogen) atoms. The lowest BCUT2D eigenvalue weighted by atomic mass is 10.3. The van der Waals surface area contributed by atoms with E-state index < -0.39 is 0 Å². The maximum absolute atomic E-state index is 10.6. The van der Waals surface area contributed by atoms with Crippen molar-refractivity contribution in [3.63, 3.8) is 0 Å². The summed E-state index contributed by atoms with van der Waals surface area (Å²) in [6, 6.07) is 1.91. The molecule has 5 heteroatoms. The van der Waals surface area contributed by atoms with Gasteiger partial charge in [-0.1, -0.05) is 0 Å². The first kappa shape index (κ1) is 11.6. The molecule has 0 spiro atoms. The maximum atomic E-state index is 10.6. The molecule has 1 aromatic heterocycles. The monoisotopic (exact) mass is 241 g/mol. The van der Waals surface area contributed by atoms with Gasteiger partial charge >= 0.3 is 0 Å². The summed E-state index contributed by atoms with van der Waals surface area (Å²) in [7, 11) is 3.40. The van der Waals surface area contributed by atoms with Crippen molar-refractivity contribution < 1.29 is 14.3 Å². The summed E-state index contributed by atoms with van der Waals surface area (Å²) in [5, 5.41) is 1.99. The van der Waals surface area contributed by atoms with Gasteiger partial charge in [-0.3, -0.25) is 4.79 Å². The van der Waals surface area contributed by atoms with Crippen LogP contribution in [0.5, 0.6) is 0 Å². The molecule has 1 aromatic rings. The summed E-state index contributed by atoms with van der Waals surface area (Å²) in [4.78, 5) is 13.6. The Balaban J connectivity index is 2.09. The minimum Gasteiger partial charge on any atom is -0.377 e. The maximum Gasteiger partial charge on any atom is 0.160 e. The molecule has 0 aromatic carbocycles. The van der Waals surface area contributed by atoms with Crippen LogP contribution in [0.25, 0.3) is 0 Å². The Morgan fingerprint density at radius 2 is 2.00 bits per heavy atom. The fourth-order valence-electron chi connectivity index (χ4n) is 1.98. The summed E-state index contributed by atoms with van der Waals surface area (Å²) in [6.45, 7) is 1.62. The van der Waals surface area contributed by atoms with Gasteiger partial charge in [-0.25, -0.2) is 0 Å². The lowest BCUT2D eigenvalue weighted by molar-refractivity contribution is -0.00461. The molecule has 1 aliphatic rings. The van der Waals surface area contributed by atoms with E-state index in [1.54, 1.807) is 14.2 Å². The van der Waals surface area contributed by atoms with Crippen molar-refractivity contribution in [2.24, 2.45) is 0 Å². The molecule has 0 N–H and O–H groups in total. The molecule has 2 rings (SSSR count). The highest BCUT2D eigenvalue weighted by Crippen LogP contribution is 2.27. The standard InChI is InChI=1S/C11H15NO3S/c1-14-10-4-12(5-11(10)15-2)8-3-9(6-13)16-7-8/h3,6-7,10-11H,4-5H2,1-2H3. The van der Waals surface area contributed by atoms with Gasteiger partial charge in [0.2, 0.25) is 0 Å². The van der Waals surface area contributed by atoms with Gasteiger partial charge in [0.25, 0.3) is 0 Å². The van der Waals surface area contributed by atoms with Gasteiger partial charge in [-0.15, -0.1) is 11.3 Å². The third kappa shape index (κ3) is 2.11. The predicted octanol–water partition coefficient (Wildman–Crippen LogP) is 1.41. The van der Waals surface area contributed by atoms with Crippen molar-refractivity contribution in [1.82, 2.24) is 0 Å². The Labute approximate surface area is 98.8 Å². The van der Waals surface area contributed by atoms with Crippen LogP contribution in [-0.2, 0) is 9.47 Å². The largest absolute Gasteiger partial charge is 0.377 e. The molecule has 1 fully saturated rings. The van der Waals surface area contributed by atoms with E-state index >= 15 is 0 Å². The Hall–Kier alpha value is -0.910. The van der Waals surface area contributed by atoms with Crippen LogP contribution in [0.15, 0.2) is 11.4 Å². The fourth-order valence-corrected chi connectivity index (χ4v) is 2.70. The molecule has 4 nitrogen and oxygen atoms in total. The Morgan fingerprint density at radius 1 is 1.38 bits per heavy atom. The van der Waals surface area contributed by atoms with Crippen LogP contribution in [-0.4, -0.2) is 45.8 Å². The van der Waals surface area contributed by atoms with Crippen LogP contribution in [0.4, 0.5) is 5.69 Å². The van der Waals surface area contributed by atoms with Gasteiger partial charge in [0.05, 0.1) is 4.88 Å². The second-order valence-corrected chi connectivity index (χ2v) is 4.72. The van der Waals surface area contributed by atoms with Gasteiger partial charge < -0.3 is 14.4 Å². The fraction of sp³-hybridized carbons (Fsp3) is 0.545. The third-order valence-electron chi connectivity index (χ3n) is 2.91. The molecule has 0 bridgehead atoms. The summed E-state index contributed by atoms with van der Waals surface area (Å²) >= 11 is 1.46. The van der Waals surface area contributed by atoms with Crippen LogP contribution in [0.3, 0.4) is 0 Å². The van der Waals surface area contributed by atoms with Crippen LogP contribution in [0, 0.1) is 0 Å². The Bertz CT molecular complexity index is 354. The average molecular weight is 241 g/mol. The summed E-state index contributed by atoms with van der Waals surface area (Å²) in [5.74, 6) is 0. The smallest absolute Gasteiger partial charge is 0.160 e. The van der Waals surface area contributed by atoms with Crippen molar-refractivity contribution in [3.8, 4) is 0 Å². The summed E-state index contributed by atoms with van der Waals surface area (Å²) < 4.78 is 10.7. The van der Waals surface area contributed by atoms with E-state index in [1.807, 2.05) is 11.4 Å². The van der Waals surface area contributed by atoms with Crippen molar-refractivity contribution in [1.29, 1.82) is 0 Å². The predicted molar refractivity (Wildman–Crippen MR) is 63.5 cm³/mol. The molecular weight excluding hydrogens is 226 g/mol. The number of anilines is 1. The first-order valence-electron chi connectivity index (χ1n) is 5.12. The van der Waals surface area contributed by atoms with Gasteiger partial charge in [0.1, 0.15) is 12.2 Å². The van der Waals surface area contributed by atoms with E-state index in [1.165, 1.54) is 11.3 Å². The zero-order valence-electron chi connectivity index (χ0n) is 9.38. The first-order valence-corrected chi connectivity index (χ1v) is 6.00. The molecule has 2 heterocycles. The highest BCUT2D eigenvalue weighted by Gasteiger charge is 2.33. The van der Waals surface area contributed by atoms with E-state index in [2.05, 4.69) is 4.90 Å². The van der Waals surface area contributed by atoms with Crippen LogP contribution < -0.4 is 4.90 Å². The highest BCUT2D eigenvalue weighted by molar-refractivity contribution is 7.12. The number of ether oxygens (including phenoxy) is 2. The normalized spacial score (nSPS) is 25.0. The third-order valence-corrected chi connectivity index (χ3v) is 3.75. The van der Waals surface area contributed by atoms with Gasteiger partial charge in [0.15, 0.2) is 6.29 Å². The van der Waals surface area contributed by atoms with Crippen LogP contribution in [0.2, 0.25) is 0 Å². The number of carbonyl (C=O) groups excluding carboxylic acids is 1. The van der Waals surface area contributed by atoms with Crippen molar-refractivity contribution in [2.45, 2.75) is 12.2 Å². The van der Waals surface area contributed by atoms with Gasteiger partial charge in [-0.2, -0.15) is 0 Å². The van der Waals surface area contributed by atoms with E-state index in [4.69, 9.17) is 9.47 Å². The number of aldehydes is 1. The zero-order valence-corrected chi connectivity index (χ0v) is 10.2. The molecule has 1 aliphatic heterocycles.